The summed E-state index contributed by atoms with van der Waals surface area (Å²) in [6.07, 6.45) is 1.88. The van der Waals surface area contributed by atoms with Crippen molar-refractivity contribution < 1.29 is 14.4 Å². The number of amides is 1. The topological polar surface area (TPSA) is 38.8 Å². The highest BCUT2D eigenvalue weighted by Gasteiger charge is 2.20. The fraction of sp³-hybridized carbons (Fsp3) is 0.462. The summed E-state index contributed by atoms with van der Waals surface area (Å²) in [5.41, 5.74) is 0.635. The minimum Gasteiger partial charge on any atom is -0.494 e. The number of carbonyl (C=O) groups excluding carboxylic acids is 1. The van der Waals surface area contributed by atoms with Gasteiger partial charge in [-0.2, -0.15) is 0 Å². The summed E-state index contributed by atoms with van der Waals surface area (Å²) in [5, 5.41) is 1.42. The summed E-state index contributed by atoms with van der Waals surface area (Å²) in [7, 11) is 0. The first kappa shape index (κ1) is 11.9. The second-order valence-corrected chi connectivity index (χ2v) is 3.97. The van der Waals surface area contributed by atoms with Gasteiger partial charge in [0.1, 0.15) is 5.75 Å². The van der Waals surface area contributed by atoms with Crippen molar-refractivity contribution in [2.45, 2.75) is 19.8 Å². The van der Waals surface area contributed by atoms with Crippen LogP contribution in [0.4, 0.5) is 0 Å². The molecule has 0 unspecified atom stereocenters. The molecule has 0 bridgehead atoms. The Balaban J connectivity index is 1.99. The van der Waals surface area contributed by atoms with E-state index in [9.17, 15) is 4.79 Å². The zero-order valence-electron chi connectivity index (χ0n) is 10.0. The standard InChI is InChI=1S/C13H17NO3/c1-2-9-16-12-6-4-11(5-7-12)13(15)14-8-3-10-17-14/h4-7H,2-3,8-10H2,1H3. The Morgan fingerprint density at radius 2 is 2.18 bits per heavy atom. The van der Waals surface area contributed by atoms with Gasteiger partial charge in [0.05, 0.1) is 19.8 Å². The Morgan fingerprint density at radius 3 is 2.76 bits per heavy atom. The highest BCUT2D eigenvalue weighted by atomic mass is 16.7. The number of hydrogen-bond acceptors (Lipinski definition) is 3. The van der Waals surface area contributed by atoms with Crippen LogP contribution < -0.4 is 4.74 Å². The van der Waals surface area contributed by atoms with E-state index >= 15 is 0 Å². The van der Waals surface area contributed by atoms with Gasteiger partial charge in [0.15, 0.2) is 0 Å². The van der Waals surface area contributed by atoms with Crippen molar-refractivity contribution in [3.8, 4) is 5.75 Å². The highest BCUT2D eigenvalue weighted by molar-refractivity contribution is 5.93. The molecule has 4 heteroatoms. The van der Waals surface area contributed by atoms with E-state index in [4.69, 9.17) is 9.57 Å². The van der Waals surface area contributed by atoms with Gasteiger partial charge >= 0.3 is 0 Å². The molecule has 1 aliphatic heterocycles. The normalized spacial score (nSPS) is 15.0. The highest BCUT2D eigenvalue weighted by Crippen LogP contribution is 2.16. The number of rotatable bonds is 4. The van der Waals surface area contributed by atoms with Gasteiger partial charge in [-0.25, -0.2) is 5.06 Å². The Hall–Kier alpha value is -1.55. The van der Waals surface area contributed by atoms with Gasteiger partial charge in [-0.15, -0.1) is 0 Å². The minimum atomic E-state index is -0.0791. The summed E-state index contributed by atoms with van der Waals surface area (Å²) in [6, 6.07) is 7.18. The predicted octanol–water partition coefficient (Wildman–Crippen LogP) is 2.25. The molecule has 0 spiro atoms. The summed E-state index contributed by atoms with van der Waals surface area (Å²) in [5.74, 6) is 0.718. The van der Waals surface area contributed by atoms with Crippen molar-refractivity contribution in [2.24, 2.45) is 0 Å². The van der Waals surface area contributed by atoms with E-state index in [1.807, 2.05) is 12.1 Å². The average Bonchev–Trinajstić information content (AvgIpc) is 2.90. The predicted molar refractivity (Wildman–Crippen MR) is 63.8 cm³/mol. The summed E-state index contributed by atoms with van der Waals surface area (Å²) in [4.78, 5) is 17.1. The van der Waals surface area contributed by atoms with E-state index in [1.165, 1.54) is 5.06 Å². The average molecular weight is 235 g/mol. The third-order valence-electron chi connectivity index (χ3n) is 2.55. The van der Waals surface area contributed by atoms with E-state index in [-0.39, 0.29) is 5.91 Å². The smallest absolute Gasteiger partial charge is 0.277 e. The SMILES string of the molecule is CCCOc1ccc(C(=O)N2CCCO2)cc1. The third kappa shape index (κ3) is 2.97. The number of carbonyl (C=O) groups is 1. The molecule has 0 N–H and O–H groups in total. The molecule has 1 aliphatic rings. The number of hydrogen-bond donors (Lipinski definition) is 0. The maximum Gasteiger partial charge on any atom is 0.277 e. The molecule has 0 aliphatic carbocycles. The van der Waals surface area contributed by atoms with Crippen molar-refractivity contribution in [3.05, 3.63) is 29.8 Å². The van der Waals surface area contributed by atoms with Gasteiger partial charge in [-0.05, 0) is 37.1 Å². The molecule has 0 aromatic heterocycles. The molecule has 1 amide bonds. The van der Waals surface area contributed by atoms with Crippen LogP contribution in [0.2, 0.25) is 0 Å². The zero-order chi connectivity index (χ0) is 12.1. The van der Waals surface area contributed by atoms with Crippen LogP contribution in [0.3, 0.4) is 0 Å². The Labute approximate surface area is 101 Å². The number of hydroxylamine groups is 2. The van der Waals surface area contributed by atoms with Crippen molar-refractivity contribution in [1.82, 2.24) is 5.06 Å². The molecule has 92 valence electrons. The minimum absolute atomic E-state index is 0.0791. The first-order valence-corrected chi connectivity index (χ1v) is 5.99. The van der Waals surface area contributed by atoms with E-state index < -0.39 is 0 Å². The van der Waals surface area contributed by atoms with Gasteiger partial charge in [0.25, 0.3) is 5.91 Å². The van der Waals surface area contributed by atoms with Crippen molar-refractivity contribution in [1.29, 1.82) is 0 Å². The van der Waals surface area contributed by atoms with Crippen molar-refractivity contribution >= 4 is 5.91 Å². The third-order valence-corrected chi connectivity index (χ3v) is 2.55. The molecule has 4 nitrogen and oxygen atoms in total. The summed E-state index contributed by atoms with van der Waals surface area (Å²) < 4.78 is 5.46. The molecule has 1 fully saturated rings. The van der Waals surface area contributed by atoms with Gasteiger partial charge in [0.2, 0.25) is 0 Å². The second kappa shape index (κ2) is 5.68. The molecule has 0 saturated carbocycles. The zero-order valence-corrected chi connectivity index (χ0v) is 10.0. The first-order valence-electron chi connectivity index (χ1n) is 5.99. The lowest BCUT2D eigenvalue weighted by molar-refractivity contribution is -0.0768. The molecule has 17 heavy (non-hydrogen) atoms. The van der Waals surface area contributed by atoms with Crippen molar-refractivity contribution in [3.63, 3.8) is 0 Å². The first-order chi connectivity index (χ1) is 8.31. The van der Waals surface area contributed by atoms with Crippen LogP contribution in [0.1, 0.15) is 30.1 Å². The monoisotopic (exact) mass is 235 g/mol. The summed E-state index contributed by atoms with van der Waals surface area (Å²) >= 11 is 0. The molecule has 1 aromatic carbocycles. The maximum absolute atomic E-state index is 11.9. The quantitative estimate of drug-likeness (QED) is 0.803. The van der Waals surface area contributed by atoms with Crippen molar-refractivity contribution in [2.75, 3.05) is 19.8 Å². The second-order valence-electron chi connectivity index (χ2n) is 3.97. The molecule has 0 atom stereocenters. The Kier molecular flexibility index (Phi) is 3.98. The molecule has 1 saturated heterocycles. The lowest BCUT2D eigenvalue weighted by Crippen LogP contribution is -2.26. The van der Waals surface area contributed by atoms with E-state index in [2.05, 4.69) is 6.92 Å². The fourth-order valence-electron chi connectivity index (χ4n) is 1.67. The van der Waals surface area contributed by atoms with Crippen LogP contribution in [-0.2, 0) is 4.84 Å². The van der Waals surface area contributed by atoms with Crippen LogP contribution in [0.15, 0.2) is 24.3 Å². The maximum atomic E-state index is 11.9. The van der Waals surface area contributed by atoms with Crippen LogP contribution in [-0.4, -0.2) is 30.7 Å². The molecule has 1 heterocycles. The van der Waals surface area contributed by atoms with Crippen LogP contribution in [0.25, 0.3) is 0 Å². The largest absolute Gasteiger partial charge is 0.494 e. The van der Waals surface area contributed by atoms with Crippen LogP contribution in [0.5, 0.6) is 5.75 Å². The van der Waals surface area contributed by atoms with E-state index in [1.54, 1.807) is 12.1 Å². The molecule has 1 aromatic rings. The van der Waals surface area contributed by atoms with Crippen LogP contribution in [0, 0.1) is 0 Å². The van der Waals surface area contributed by atoms with Gasteiger partial charge in [-0.3, -0.25) is 9.63 Å². The van der Waals surface area contributed by atoms with E-state index in [0.29, 0.717) is 25.3 Å². The number of nitrogens with zero attached hydrogens (tertiary/aromatic N) is 1. The lowest BCUT2D eigenvalue weighted by atomic mass is 10.2. The van der Waals surface area contributed by atoms with E-state index in [0.717, 1.165) is 18.6 Å². The van der Waals surface area contributed by atoms with Gasteiger partial charge < -0.3 is 4.74 Å². The molecule has 2 rings (SSSR count). The Morgan fingerprint density at radius 1 is 1.41 bits per heavy atom. The van der Waals surface area contributed by atoms with Crippen LogP contribution >= 0.6 is 0 Å². The number of benzene rings is 1. The lowest BCUT2D eigenvalue weighted by Gasteiger charge is -2.13. The van der Waals surface area contributed by atoms with Gasteiger partial charge in [-0.1, -0.05) is 6.92 Å². The fourth-order valence-corrected chi connectivity index (χ4v) is 1.67. The van der Waals surface area contributed by atoms with Gasteiger partial charge in [0, 0.05) is 5.56 Å². The number of ether oxygens (including phenoxy) is 1. The molecule has 0 radical (unpaired) electrons. The Bertz CT molecular complexity index is 369. The molecular formula is C13H17NO3. The molecular weight excluding hydrogens is 218 g/mol. The summed E-state index contributed by atoms with van der Waals surface area (Å²) in [6.45, 7) is 4.06.